The average Bonchev–Trinajstić information content (AvgIpc) is 2.87. The van der Waals surface area contributed by atoms with Crippen molar-refractivity contribution in [1.29, 1.82) is 0 Å². The van der Waals surface area contributed by atoms with Crippen molar-refractivity contribution in [2.75, 3.05) is 23.7 Å². The molecule has 3 aromatic rings. The number of halogens is 2. The molecule has 0 aromatic heterocycles. The summed E-state index contributed by atoms with van der Waals surface area (Å²) >= 11 is 0. The van der Waals surface area contributed by atoms with Crippen molar-refractivity contribution in [1.82, 2.24) is 10.2 Å². The summed E-state index contributed by atoms with van der Waals surface area (Å²) in [5.74, 6) is -3.46. The van der Waals surface area contributed by atoms with Crippen LogP contribution < -0.4 is 9.62 Å². The first-order valence-corrected chi connectivity index (χ1v) is 13.9. The quantitative estimate of drug-likeness (QED) is 0.399. The number of hydrogen-bond donors (Lipinski definition) is 1. The van der Waals surface area contributed by atoms with Crippen molar-refractivity contribution in [3.63, 3.8) is 0 Å². The highest BCUT2D eigenvalue weighted by molar-refractivity contribution is 7.92. The molecule has 38 heavy (non-hydrogen) atoms. The Morgan fingerprint density at radius 2 is 1.58 bits per heavy atom. The maximum atomic E-state index is 14.0. The number of carbonyl (C=O) groups excluding carboxylic acids is 2. The van der Waals surface area contributed by atoms with E-state index in [1.165, 1.54) is 4.90 Å². The Morgan fingerprint density at radius 1 is 0.921 bits per heavy atom. The van der Waals surface area contributed by atoms with E-state index in [1.807, 2.05) is 61.5 Å². The number of sulfonamides is 1. The van der Waals surface area contributed by atoms with Crippen LogP contribution in [0.25, 0.3) is 0 Å². The molecule has 0 aliphatic rings. The van der Waals surface area contributed by atoms with E-state index >= 15 is 0 Å². The van der Waals surface area contributed by atoms with E-state index in [-0.39, 0.29) is 18.7 Å². The fourth-order valence-corrected chi connectivity index (χ4v) is 4.83. The summed E-state index contributed by atoms with van der Waals surface area (Å²) < 4.78 is 53.5. The van der Waals surface area contributed by atoms with Gasteiger partial charge in [-0.05, 0) is 37.1 Å². The van der Waals surface area contributed by atoms with Crippen LogP contribution >= 0.6 is 0 Å². The molecule has 1 unspecified atom stereocenters. The van der Waals surface area contributed by atoms with Crippen molar-refractivity contribution in [2.45, 2.75) is 32.9 Å². The van der Waals surface area contributed by atoms with Crippen LogP contribution in [0.3, 0.4) is 0 Å². The van der Waals surface area contributed by atoms with E-state index in [9.17, 15) is 26.8 Å². The van der Waals surface area contributed by atoms with E-state index < -0.39 is 46.1 Å². The van der Waals surface area contributed by atoms with Crippen LogP contribution in [0, 0.1) is 18.6 Å². The molecule has 0 radical (unpaired) electrons. The molecular weight excluding hydrogens is 512 g/mol. The summed E-state index contributed by atoms with van der Waals surface area (Å²) in [5.41, 5.74) is 2.36. The lowest BCUT2D eigenvalue weighted by Crippen LogP contribution is -2.53. The molecule has 3 rings (SSSR count). The van der Waals surface area contributed by atoms with E-state index in [2.05, 4.69) is 5.32 Å². The molecule has 1 N–H and O–H groups in total. The molecule has 3 aromatic carbocycles. The number of amides is 2. The number of benzene rings is 3. The molecule has 2 amide bonds. The van der Waals surface area contributed by atoms with Gasteiger partial charge in [-0.25, -0.2) is 17.2 Å². The molecule has 7 nitrogen and oxygen atoms in total. The minimum atomic E-state index is -4.07. The summed E-state index contributed by atoms with van der Waals surface area (Å²) in [5, 5.41) is 2.77. The lowest BCUT2D eigenvalue weighted by molar-refractivity contribution is -0.140. The van der Waals surface area contributed by atoms with Crippen LogP contribution in [0.4, 0.5) is 14.5 Å². The van der Waals surface area contributed by atoms with Gasteiger partial charge in [0.1, 0.15) is 12.6 Å². The van der Waals surface area contributed by atoms with Crippen LogP contribution in [0.2, 0.25) is 0 Å². The number of likely N-dealkylation sites (N-methyl/N-ethyl adjacent to an activating group) is 1. The van der Waals surface area contributed by atoms with E-state index in [4.69, 9.17) is 0 Å². The molecule has 0 aliphatic heterocycles. The maximum absolute atomic E-state index is 14.0. The zero-order valence-corrected chi connectivity index (χ0v) is 22.3. The minimum Gasteiger partial charge on any atom is -0.355 e. The zero-order valence-electron chi connectivity index (χ0n) is 21.5. The Labute approximate surface area is 222 Å². The minimum absolute atomic E-state index is 0.0309. The van der Waals surface area contributed by atoms with Gasteiger partial charge in [-0.3, -0.25) is 13.9 Å². The van der Waals surface area contributed by atoms with Crippen LogP contribution in [0.15, 0.2) is 72.8 Å². The zero-order chi connectivity index (χ0) is 27.9. The van der Waals surface area contributed by atoms with Crippen molar-refractivity contribution in [3.05, 3.63) is 101 Å². The smallest absolute Gasteiger partial charge is 0.244 e. The third-order valence-corrected chi connectivity index (χ3v) is 7.11. The lowest BCUT2D eigenvalue weighted by Gasteiger charge is -2.33. The largest absolute Gasteiger partial charge is 0.355 e. The summed E-state index contributed by atoms with van der Waals surface area (Å²) in [6.07, 6.45) is 1.06. The van der Waals surface area contributed by atoms with Crippen LogP contribution in [-0.4, -0.2) is 50.5 Å². The van der Waals surface area contributed by atoms with Crippen molar-refractivity contribution in [2.24, 2.45) is 0 Å². The third kappa shape index (κ3) is 7.61. The van der Waals surface area contributed by atoms with E-state index in [0.29, 0.717) is 10.8 Å². The van der Waals surface area contributed by atoms with Gasteiger partial charge in [0.25, 0.3) is 0 Å². The predicted octanol–water partition coefficient (Wildman–Crippen LogP) is 3.82. The molecule has 0 heterocycles. The fourth-order valence-electron chi connectivity index (χ4n) is 3.99. The fraction of sp³-hybridized carbons (Fsp3) is 0.286. The first kappa shape index (κ1) is 28.8. The molecule has 0 bridgehead atoms. The first-order chi connectivity index (χ1) is 18.0. The Kier molecular flexibility index (Phi) is 9.57. The summed E-state index contributed by atoms with van der Waals surface area (Å²) in [6, 6.07) is 18.2. The number of carbonyl (C=O) groups is 2. The lowest BCUT2D eigenvalue weighted by atomic mass is 10.0. The number of anilines is 1. The molecule has 202 valence electrons. The van der Waals surface area contributed by atoms with Crippen LogP contribution in [-0.2, 0) is 32.6 Å². The van der Waals surface area contributed by atoms with E-state index in [1.54, 1.807) is 6.92 Å². The molecule has 0 saturated heterocycles. The summed E-state index contributed by atoms with van der Waals surface area (Å²) in [7, 11) is -4.07. The van der Waals surface area contributed by atoms with Gasteiger partial charge < -0.3 is 10.2 Å². The van der Waals surface area contributed by atoms with Crippen molar-refractivity contribution < 1.29 is 26.8 Å². The highest BCUT2D eigenvalue weighted by Gasteiger charge is 2.33. The van der Waals surface area contributed by atoms with Gasteiger partial charge in [-0.1, -0.05) is 60.2 Å². The molecule has 1 atom stereocenters. The SMILES string of the molecule is CCNC(=O)C(Cc1ccccc1)N(Cc1ccc(C)cc1)C(=O)CN(c1ccc(F)c(F)c1)S(C)(=O)=O. The van der Waals surface area contributed by atoms with Gasteiger partial charge in [-0.15, -0.1) is 0 Å². The van der Waals surface area contributed by atoms with Crippen LogP contribution in [0.1, 0.15) is 23.6 Å². The van der Waals surface area contributed by atoms with Gasteiger partial charge in [0.2, 0.25) is 21.8 Å². The molecular formula is C28H31F2N3O4S. The molecule has 0 saturated carbocycles. The number of nitrogens with one attached hydrogen (secondary N) is 1. The van der Waals surface area contributed by atoms with Crippen molar-refractivity contribution in [3.8, 4) is 0 Å². The normalized spacial score (nSPS) is 12.0. The maximum Gasteiger partial charge on any atom is 0.244 e. The highest BCUT2D eigenvalue weighted by atomic mass is 32.2. The summed E-state index contributed by atoms with van der Waals surface area (Å²) in [6.45, 7) is 3.34. The first-order valence-electron chi connectivity index (χ1n) is 12.1. The number of aryl methyl sites for hydroxylation is 1. The molecule has 10 heteroatoms. The summed E-state index contributed by atoms with van der Waals surface area (Å²) in [4.78, 5) is 28.4. The van der Waals surface area contributed by atoms with E-state index in [0.717, 1.165) is 41.1 Å². The predicted molar refractivity (Wildman–Crippen MR) is 143 cm³/mol. The third-order valence-electron chi connectivity index (χ3n) is 5.97. The standard InChI is InChI=1S/C28H31F2N3O4S/c1-4-31-28(35)26(16-21-8-6-5-7-9-21)32(18-22-12-10-20(2)11-13-22)27(34)19-33(38(3,36)37)23-14-15-24(29)25(30)17-23/h5-15,17,26H,4,16,18-19H2,1-3H3,(H,31,35). The molecule has 0 spiro atoms. The second-order valence-electron chi connectivity index (χ2n) is 8.98. The Morgan fingerprint density at radius 3 is 2.16 bits per heavy atom. The van der Waals surface area contributed by atoms with Gasteiger partial charge in [0.05, 0.1) is 11.9 Å². The second-order valence-corrected chi connectivity index (χ2v) is 10.9. The molecule has 0 fully saturated rings. The second kappa shape index (κ2) is 12.6. The number of rotatable bonds is 11. The monoisotopic (exact) mass is 543 g/mol. The van der Waals surface area contributed by atoms with Crippen LogP contribution in [0.5, 0.6) is 0 Å². The van der Waals surface area contributed by atoms with Gasteiger partial charge in [0.15, 0.2) is 11.6 Å². The Bertz CT molecular complexity index is 1370. The van der Waals surface area contributed by atoms with Gasteiger partial charge in [0, 0.05) is 25.6 Å². The number of nitrogens with zero attached hydrogens (tertiary/aromatic N) is 2. The molecule has 0 aliphatic carbocycles. The highest BCUT2D eigenvalue weighted by Crippen LogP contribution is 2.22. The van der Waals surface area contributed by atoms with Gasteiger partial charge >= 0.3 is 0 Å². The Balaban J connectivity index is 2.04. The number of hydrogen-bond acceptors (Lipinski definition) is 4. The Hall–Kier alpha value is -3.79. The average molecular weight is 544 g/mol. The van der Waals surface area contributed by atoms with Gasteiger partial charge in [-0.2, -0.15) is 0 Å². The van der Waals surface area contributed by atoms with Crippen molar-refractivity contribution >= 4 is 27.5 Å². The topological polar surface area (TPSA) is 86.8 Å².